The molecular formula is C20H41BrOSi4. The molecule has 0 spiro atoms. The topological polar surface area (TPSA) is 20.2 Å². The highest BCUT2D eigenvalue weighted by Gasteiger charge is 2.63. The Morgan fingerprint density at radius 2 is 1.19 bits per heavy atom. The van der Waals surface area contributed by atoms with Crippen LogP contribution in [0.3, 0.4) is 0 Å². The second-order valence-corrected chi connectivity index (χ2v) is 52.8. The average Bonchev–Trinajstić information content (AvgIpc) is 2.34. The average molecular weight is 490 g/mol. The number of rotatable bonds is 5. The molecule has 0 aromatic heterocycles. The van der Waals surface area contributed by atoms with E-state index in [0.29, 0.717) is 5.75 Å². The fraction of sp³-hybridized carbons (Fsp3) is 0.700. The van der Waals surface area contributed by atoms with Crippen molar-refractivity contribution < 1.29 is 5.11 Å². The summed E-state index contributed by atoms with van der Waals surface area (Å²) >= 11 is 3.65. The fourth-order valence-electron chi connectivity index (χ4n) is 6.10. The first-order valence-corrected chi connectivity index (χ1v) is 26.4. The van der Waals surface area contributed by atoms with Crippen LogP contribution in [-0.2, 0) is 10.7 Å². The lowest BCUT2D eigenvalue weighted by atomic mass is 9.86. The van der Waals surface area contributed by atoms with Crippen LogP contribution in [0, 0.1) is 0 Å². The molecule has 0 aliphatic carbocycles. The minimum Gasteiger partial charge on any atom is -0.508 e. The van der Waals surface area contributed by atoms with Crippen LogP contribution in [-0.4, -0.2) is 34.5 Å². The smallest absolute Gasteiger partial charge is 0.118 e. The van der Waals surface area contributed by atoms with E-state index in [1.165, 1.54) is 10.8 Å². The van der Waals surface area contributed by atoms with Gasteiger partial charge < -0.3 is 5.11 Å². The van der Waals surface area contributed by atoms with E-state index in [1.807, 2.05) is 0 Å². The molecule has 0 unspecified atom stereocenters. The van der Waals surface area contributed by atoms with Crippen molar-refractivity contribution in [1.29, 1.82) is 0 Å². The van der Waals surface area contributed by atoms with E-state index in [4.69, 9.17) is 0 Å². The van der Waals surface area contributed by atoms with Gasteiger partial charge in [-0.25, -0.2) is 0 Å². The maximum absolute atomic E-state index is 11.5. The van der Waals surface area contributed by atoms with Crippen LogP contribution in [0.2, 0.25) is 58.9 Å². The number of benzene rings is 1. The summed E-state index contributed by atoms with van der Waals surface area (Å²) in [6, 6.07) is 4.67. The zero-order valence-corrected chi connectivity index (χ0v) is 24.8. The Morgan fingerprint density at radius 3 is 1.46 bits per heavy atom. The molecule has 0 bridgehead atoms. The molecule has 0 radical (unpaired) electrons. The molecule has 0 atom stereocenters. The van der Waals surface area contributed by atoms with Crippen molar-refractivity contribution in [3.8, 4) is 5.75 Å². The molecule has 1 N–H and O–H groups in total. The summed E-state index contributed by atoms with van der Waals surface area (Å²) in [6.45, 7) is 28.4. The Bertz CT molecular complexity index is 623. The van der Waals surface area contributed by atoms with Gasteiger partial charge in [0.05, 0.1) is 6.63 Å². The third-order valence-electron chi connectivity index (χ3n) is 5.98. The lowest BCUT2D eigenvalue weighted by molar-refractivity contribution is 0.473. The van der Waals surface area contributed by atoms with Crippen molar-refractivity contribution in [2.75, 3.05) is 0 Å². The van der Waals surface area contributed by atoms with Gasteiger partial charge in [0.1, 0.15) is 5.75 Å². The Labute approximate surface area is 174 Å². The predicted molar refractivity (Wildman–Crippen MR) is 135 cm³/mol. The highest BCUT2D eigenvalue weighted by Crippen LogP contribution is 2.40. The van der Waals surface area contributed by atoms with E-state index < -0.39 is 29.4 Å². The second-order valence-electron chi connectivity index (χ2n) is 11.9. The Morgan fingerprint density at radius 1 is 0.808 bits per heavy atom. The van der Waals surface area contributed by atoms with E-state index >= 15 is 0 Å². The van der Waals surface area contributed by atoms with Crippen LogP contribution in [0.15, 0.2) is 12.1 Å². The lowest BCUT2D eigenvalue weighted by Crippen LogP contribution is -2.88. The van der Waals surface area contributed by atoms with Crippen LogP contribution >= 0.6 is 15.9 Å². The fourth-order valence-corrected chi connectivity index (χ4v) is 107. The first kappa shape index (κ1) is 24.4. The maximum atomic E-state index is 11.5. The van der Waals surface area contributed by atoms with Gasteiger partial charge in [-0.2, -0.15) is 0 Å². The molecule has 26 heavy (non-hydrogen) atoms. The minimum absolute atomic E-state index is 0.0951. The number of hydrogen-bond acceptors (Lipinski definition) is 1. The molecule has 0 aliphatic heterocycles. The molecule has 1 aromatic carbocycles. The molecule has 150 valence electrons. The van der Waals surface area contributed by atoms with Crippen molar-refractivity contribution in [3.63, 3.8) is 0 Å². The summed E-state index contributed by atoms with van der Waals surface area (Å²) < 4.78 is 0. The van der Waals surface area contributed by atoms with Crippen molar-refractivity contribution in [1.82, 2.24) is 0 Å². The van der Waals surface area contributed by atoms with Crippen LogP contribution in [0.4, 0.5) is 0 Å². The Hall–Kier alpha value is 0.368. The van der Waals surface area contributed by atoms with Gasteiger partial charge in [0.2, 0.25) is 0 Å². The minimum atomic E-state index is -1.83. The Balaban J connectivity index is 4.19. The summed E-state index contributed by atoms with van der Waals surface area (Å²) in [7, 11) is -4.53. The second kappa shape index (κ2) is 7.32. The number of aromatic hydroxyl groups is 1. The third kappa shape index (κ3) is 4.04. The van der Waals surface area contributed by atoms with Gasteiger partial charge in [-0.1, -0.05) is 108 Å². The number of hydrogen-bond donors (Lipinski definition) is 1. The molecule has 0 heterocycles. The van der Waals surface area contributed by atoms with Gasteiger partial charge in [-0.05, 0) is 16.2 Å². The normalized spacial score (nSPS) is 14.7. The van der Waals surface area contributed by atoms with Crippen LogP contribution in [0.1, 0.15) is 31.9 Å². The molecule has 6 heteroatoms. The molecule has 0 amide bonds. The van der Waals surface area contributed by atoms with Gasteiger partial charge >= 0.3 is 0 Å². The van der Waals surface area contributed by atoms with Crippen molar-refractivity contribution >= 4 is 50.5 Å². The van der Waals surface area contributed by atoms with Gasteiger partial charge in [-0.15, -0.1) is 0 Å². The molecule has 0 fully saturated rings. The van der Waals surface area contributed by atoms with Crippen molar-refractivity contribution in [3.05, 3.63) is 23.3 Å². The van der Waals surface area contributed by atoms with E-state index in [-0.39, 0.29) is 5.41 Å². The summed E-state index contributed by atoms with van der Waals surface area (Å²) in [5.74, 6) is 0.619. The first-order chi connectivity index (χ1) is 11.3. The zero-order chi connectivity index (χ0) is 20.9. The van der Waals surface area contributed by atoms with Gasteiger partial charge in [0, 0.05) is 33.7 Å². The van der Waals surface area contributed by atoms with Crippen LogP contribution in [0.5, 0.6) is 5.75 Å². The molecule has 0 saturated carbocycles. The monoisotopic (exact) mass is 488 g/mol. The third-order valence-corrected chi connectivity index (χ3v) is 77.7. The molecule has 0 aliphatic rings. The summed E-state index contributed by atoms with van der Waals surface area (Å²) in [5, 5.41) is 13.6. The van der Waals surface area contributed by atoms with E-state index in [0.717, 1.165) is 10.9 Å². The van der Waals surface area contributed by atoms with Gasteiger partial charge in [0.25, 0.3) is 0 Å². The molecule has 1 nitrogen and oxygen atoms in total. The zero-order valence-electron chi connectivity index (χ0n) is 19.2. The molecule has 1 rings (SSSR count). The first-order valence-electron chi connectivity index (χ1n) is 9.75. The van der Waals surface area contributed by atoms with E-state index in [1.54, 1.807) is 0 Å². The highest BCUT2D eigenvalue weighted by atomic mass is 79.9. The number of halogens is 1. The van der Waals surface area contributed by atoms with E-state index in [2.05, 4.69) is 108 Å². The van der Waals surface area contributed by atoms with Crippen LogP contribution in [0.25, 0.3) is 0 Å². The number of alkyl halides is 1. The predicted octanol–water partition coefficient (Wildman–Crippen LogP) is 6.49. The maximum Gasteiger partial charge on any atom is 0.118 e. The summed E-state index contributed by atoms with van der Waals surface area (Å²) in [6.07, 6.45) is 0. The largest absolute Gasteiger partial charge is 0.508 e. The van der Waals surface area contributed by atoms with Crippen LogP contribution < -0.4 is 5.19 Å². The standard InChI is InChI=1S/C20H41BrOSi4/c1-20(2,3)17-13-16(15-21)19(22)18(14-17)26(23(4,5)6,24(7,8)9)25(10,11)12/h13-14,22H,15H2,1-12H3. The number of phenolic OH excluding ortho intramolecular Hbond substituents is 1. The van der Waals surface area contributed by atoms with Gasteiger partial charge in [-0.3, -0.25) is 0 Å². The van der Waals surface area contributed by atoms with Crippen molar-refractivity contribution in [2.24, 2.45) is 0 Å². The van der Waals surface area contributed by atoms with Gasteiger partial charge in [0.15, 0.2) is 0 Å². The van der Waals surface area contributed by atoms with Crippen molar-refractivity contribution in [2.45, 2.75) is 90.4 Å². The molecule has 1 aromatic rings. The van der Waals surface area contributed by atoms with E-state index in [9.17, 15) is 5.11 Å². The molecular weight excluding hydrogens is 448 g/mol. The summed E-state index contributed by atoms with van der Waals surface area (Å²) in [4.78, 5) is 0. The molecule has 0 saturated heterocycles. The highest BCUT2D eigenvalue weighted by molar-refractivity contribution is 9.08. The quantitative estimate of drug-likeness (QED) is 0.370. The lowest BCUT2D eigenvalue weighted by Gasteiger charge is -2.58. The SMILES string of the molecule is CC(C)(C)c1cc(CBr)c(O)c([Si]([Si](C)(C)C)([Si](C)(C)C)[Si](C)(C)C)c1. The number of phenols is 1. The summed E-state index contributed by atoms with van der Waals surface area (Å²) in [5.41, 5.74) is 2.56. The Kier molecular flexibility index (Phi) is 6.87.